The second-order valence-corrected chi connectivity index (χ2v) is 5.98. The van der Waals surface area contributed by atoms with Gasteiger partial charge >= 0.3 is 6.18 Å². The fourth-order valence-electron chi connectivity index (χ4n) is 3.06. The summed E-state index contributed by atoms with van der Waals surface area (Å²) in [5.41, 5.74) is 6.79. The van der Waals surface area contributed by atoms with Crippen LogP contribution in [0.2, 0.25) is 0 Å². The average molecular weight is 338 g/mol. The van der Waals surface area contributed by atoms with Crippen LogP contribution in [-0.4, -0.2) is 39.9 Å². The van der Waals surface area contributed by atoms with Gasteiger partial charge in [-0.2, -0.15) is 18.3 Å². The first kappa shape index (κ1) is 16.5. The van der Waals surface area contributed by atoms with Crippen LogP contribution in [0.3, 0.4) is 0 Å². The second kappa shape index (κ2) is 6.27. The lowest BCUT2D eigenvalue weighted by molar-refractivity contribution is -0.182. The molecule has 0 aliphatic carbocycles. The zero-order chi connectivity index (χ0) is 17.3. The van der Waals surface area contributed by atoms with Gasteiger partial charge in [0.15, 0.2) is 0 Å². The summed E-state index contributed by atoms with van der Waals surface area (Å²) in [4.78, 5) is 12.9. The fourth-order valence-corrected chi connectivity index (χ4v) is 3.06. The largest absolute Gasteiger partial charge is 0.393 e. The lowest BCUT2D eigenvalue weighted by Crippen LogP contribution is -2.37. The van der Waals surface area contributed by atoms with E-state index in [0.717, 1.165) is 11.3 Å². The van der Waals surface area contributed by atoms with Crippen LogP contribution in [0.4, 0.5) is 13.2 Å². The van der Waals surface area contributed by atoms with Crippen molar-refractivity contribution < 1.29 is 18.0 Å². The standard InChI is InChI=1S/C16H17F3N4O/c17-16(18,19)14-10-22(9-13(14)15(20)24)7-11-6-21-23(8-11)12-4-2-1-3-5-12/h1-6,8,13-14H,7,9-10H2,(H2,20,24)/t13-,14-/m1/s1. The van der Waals surface area contributed by atoms with Crippen LogP contribution in [0.25, 0.3) is 5.69 Å². The van der Waals surface area contributed by atoms with E-state index in [9.17, 15) is 18.0 Å². The maximum atomic E-state index is 13.1. The van der Waals surface area contributed by atoms with Crippen LogP contribution in [0.5, 0.6) is 0 Å². The minimum absolute atomic E-state index is 0.00995. The van der Waals surface area contributed by atoms with Gasteiger partial charge in [-0.15, -0.1) is 0 Å². The van der Waals surface area contributed by atoms with Crippen molar-refractivity contribution in [2.45, 2.75) is 12.7 Å². The molecule has 0 saturated carbocycles. The van der Waals surface area contributed by atoms with Gasteiger partial charge in [0.05, 0.1) is 23.7 Å². The number of rotatable bonds is 4. The number of aromatic nitrogens is 2. The number of hydrogen-bond donors (Lipinski definition) is 1. The van der Waals surface area contributed by atoms with E-state index in [-0.39, 0.29) is 13.1 Å². The number of benzene rings is 1. The summed E-state index contributed by atoms with van der Waals surface area (Å²) in [6.45, 7) is 0.0762. The average Bonchev–Trinajstić information content (AvgIpc) is 3.15. The molecule has 2 atom stereocenters. The third-order valence-electron chi connectivity index (χ3n) is 4.24. The highest BCUT2D eigenvalue weighted by atomic mass is 19.4. The van der Waals surface area contributed by atoms with Gasteiger partial charge in [-0.05, 0) is 12.1 Å². The Labute approximate surface area is 136 Å². The van der Waals surface area contributed by atoms with E-state index in [1.165, 1.54) is 0 Å². The SMILES string of the molecule is NC(=O)[C@@H]1CN(Cc2cnn(-c3ccccc3)c2)C[C@H]1C(F)(F)F. The number of para-hydroxylation sites is 1. The molecule has 0 spiro atoms. The quantitative estimate of drug-likeness (QED) is 0.927. The molecule has 2 N–H and O–H groups in total. The number of primary amides is 1. The number of amides is 1. The van der Waals surface area contributed by atoms with Gasteiger partial charge in [0.25, 0.3) is 0 Å². The maximum absolute atomic E-state index is 13.1. The maximum Gasteiger partial charge on any atom is 0.393 e. The lowest BCUT2D eigenvalue weighted by atomic mass is 9.95. The van der Waals surface area contributed by atoms with Crippen molar-refractivity contribution in [1.82, 2.24) is 14.7 Å². The Morgan fingerprint density at radius 2 is 1.96 bits per heavy atom. The molecule has 1 saturated heterocycles. The highest BCUT2D eigenvalue weighted by Crippen LogP contribution is 2.37. The van der Waals surface area contributed by atoms with Gasteiger partial charge in [0.1, 0.15) is 0 Å². The van der Waals surface area contributed by atoms with Crippen molar-refractivity contribution >= 4 is 5.91 Å². The molecule has 1 amide bonds. The number of nitrogens with two attached hydrogens (primary N) is 1. The summed E-state index contributed by atoms with van der Waals surface area (Å²) in [5, 5.41) is 4.23. The van der Waals surface area contributed by atoms with E-state index in [1.807, 2.05) is 30.3 Å². The topological polar surface area (TPSA) is 64.2 Å². The monoisotopic (exact) mass is 338 g/mol. The molecule has 0 radical (unpaired) electrons. The zero-order valence-corrected chi connectivity index (χ0v) is 12.8. The Balaban J connectivity index is 1.71. The number of nitrogens with zero attached hydrogens (tertiary/aromatic N) is 3. The van der Waals surface area contributed by atoms with Crippen LogP contribution < -0.4 is 5.73 Å². The van der Waals surface area contributed by atoms with Crippen molar-refractivity contribution in [2.24, 2.45) is 17.6 Å². The Bertz CT molecular complexity index is 714. The Hall–Kier alpha value is -2.35. The Morgan fingerprint density at radius 1 is 1.25 bits per heavy atom. The molecule has 8 heteroatoms. The smallest absolute Gasteiger partial charge is 0.369 e. The molecule has 2 heterocycles. The number of halogens is 3. The van der Waals surface area contributed by atoms with Crippen LogP contribution >= 0.6 is 0 Å². The summed E-state index contributed by atoms with van der Waals surface area (Å²) in [7, 11) is 0. The van der Waals surface area contributed by atoms with E-state index in [0.29, 0.717) is 6.54 Å². The molecule has 128 valence electrons. The van der Waals surface area contributed by atoms with Crippen molar-refractivity contribution in [3.8, 4) is 5.69 Å². The van der Waals surface area contributed by atoms with Gasteiger partial charge in [0.2, 0.25) is 5.91 Å². The molecule has 1 fully saturated rings. The van der Waals surface area contributed by atoms with Crippen molar-refractivity contribution in [3.63, 3.8) is 0 Å². The molecule has 1 aliphatic rings. The number of carbonyl (C=O) groups excluding carboxylic acids is 1. The number of likely N-dealkylation sites (tertiary alicyclic amines) is 1. The van der Waals surface area contributed by atoms with E-state index in [4.69, 9.17) is 5.73 Å². The minimum Gasteiger partial charge on any atom is -0.369 e. The second-order valence-electron chi connectivity index (χ2n) is 5.98. The van der Waals surface area contributed by atoms with E-state index >= 15 is 0 Å². The third-order valence-corrected chi connectivity index (χ3v) is 4.24. The predicted octanol–water partition coefficient (Wildman–Crippen LogP) is 1.97. The molecule has 1 aromatic heterocycles. The van der Waals surface area contributed by atoms with Crippen LogP contribution in [-0.2, 0) is 11.3 Å². The zero-order valence-electron chi connectivity index (χ0n) is 12.8. The highest BCUT2D eigenvalue weighted by Gasteiger charge is 2.51. The summed E-state index contributed by atoms with van der Waals surface area (Å²) in [6, 6.07) is 9.41. The molecule has 3 rings (SSSR count). The number of hydrogen-bond acceptors (Lipinski definition) is 3. The van der Waals surface area contributed by atoms with Crippen molar-refractivity contribution in [1.29, 1.82) is 0 Å². The van der Waals surface area contributed by atoms with Crippen LogP contribution in [0.15, 0.2) is 42.7 Å². The van der Waals surface area contributed by atoms with Crippen molar-refractivity contribution in [3.05, 3.63) is 48.3 Å². The summed E-state index contributed by atoms with van der Waals surface area (Å²) >= 11 is 0. The Morgan fingerprint density at radius 3 is 2.54 bits per heavy atom. The molecule has 0 unspecified atom stereocenters. The first-order valence-corrected chi connectivity index (χ1v) is 7.52. The van der Waals surface area contributed by atoms with Gasteiger partial charge in [0, 0.05) is 31.4 Å². The normalized spacial score (nSPS) is 22.0. The molecule has 1 aromatic carbocycles. The van der Waals surface area contributed by atoms with E-state index in [1.54, 1.807) is 22.0 Å². The van der Waals surface area contributed by atoms with Gasteiger partial charge < -0.3 is 5.73 Å². The summed E-state index contributed by atoms with van der Waals surface area (Å²) in [6.07, 6.45) is -1.04. The Kier molecular flexibility index (Phi) is 4.31. The fraction of sp³-hybridized carbons (Fsp3) is 0.375. The van der Waals surface area contributed by atoms with Gasteiger partial charge in [-0.3, -0.25) is 9.69 Å². The predicted molar refractivity (Wildman–Crippen MR) is 81.1 cm³/mol. The first-order valence-electron chi connectivity index (χ1n) is 7.52. The van der Waals surface area contributed by atoms with E-state index < -0.39 is 23.9 Å². The number of carbonyl (C=O) groups is 1. The molecule has 0 bridgehead atoms. The van der Waals surface area contributed by atoms with Gasteiger partial charge in [-0.1, -0.05) is 18.2 Å². The summed E-state index contributed by atoms with van der Waals surface area (Å²) in [5.74, 6) is -3.81. The highest BCUT2D eigenvalue weighted by molar-refractivity contribution is 5.77. The van der Waals surface area contributed by atoms with Crippen LogP contribution in [0.1, 0.15) is 5.56 Å². The molecule has 24 heavy (non-hydrogen) atoms. The third kappa shape index (κ3) is 3.43. The molecular formula is C16H17F3N4O. The molecule has 5 nitrogen and oxygen atoms in total. The van der Waals surface area contributed by atoms with Crippen LogP contribution in [0, 0.1) is 11.8 Å². The number of alkyl halides is 3. The minimum atomic E-state index is -4.43. The van der Waals surface area contributed by atoms with Gasteiger partial charge in [-0.25, -0.2) is 4.68 Å². The van der Waals surface area contributed by atoms with Crippen molar-refractivity contribution in [2.75, 3.05) is 13.1 Å². The van der Waals surface area contributed by atoms with E-state index in [2.05, 4.69) is 5.10 Å². The summed E-state index contributed by atoms with van der Waals surface area (Å²) < 4.78 is 40.8. The first-order chi connectivity index (χ1) is 11.3. The molecule has 2 aromatic rings. The lowest BCUT2D eigenvalue weighted by Gasteiger charge is -2.18. The molecule has 1 aliphatic heterocycles. The molecular weight excluding hydrogens is 321 g/mol.